The van der Waals surface area contributed by atoms with Crippen LogP contribution in [-0.2, 0) is 0 Å². The van der Waals surface area contributed by atoms with Crippen LogP contribution in [0.2, 0.25) is 0 Å². The van der Waals surface area contributed by atoms with Crippen LogP contribution in [-0.4, -0.2) is 41.0 Å². The Bertz CT molecular complexity index is 673. The van der Waals surface area contributed by atoms with Gasteiger partial charge in [0.25, 0.3) is 5.91 Å². The van der Waals surface area contributed by atoms with Crippen LogP contribution in [0.15, 0.2) is 23.6 Å². The molecule has 5 heteroatoms. The second-order valence-electron chi connectivity index (χ2n) is 6.12. The van der Waals surface area contributed by atoms with Gasteiger partial charge in [0.15, 0.2) is 0 Å². The SMILES string of the molecule is C[C@H]1[C@H](NC(=O)c2ccc3ccsc3n2)C2CCN1CC2. The van der Waals surface area contributed by atoms with Gasteiger partial charge in [0.05, 0.1) is 0 Å². The van der Waals surface area contributed by atoms with Crippen LogP contribution >= 0.6 is 11.3 Å². The summed E-state index contributed by atoms with van der Waals surface area (Å²) in [6.07, 6.45) is 2.40. The zero-order valence-corrected chi connectivity index (χ0v) is 12.9. The van der Waals surface area contributed by atoms with Crippen LogP contribution in [0.25, 0.3) is 10.2 Å². The van der Waals surface area contributed by atoms with Crippen molar-refractivity contribution in [2.24, 2.45) is 5.92 Å². The molecule has 110 valence electrons. The minimum atomic E-state index is -0.0316. The molecular weight excluding hydrogens is 282 g/mol. The fourth-order valence-corrected chi connectivity index (χ4v) is 4.51. The van der Waals surface area contributed by atoms with Crippen LogP contribution in [0.3, 0.4) is 0 Å². The van der Waals surface area contributed by atoms with Gasteiger partial charge in [-0.3, -0.25) is 9.69 Å². The summed E-state index contributed by atoms with van der Waals surface area (Å²) in [7, 11) is 0. The molecule has 3 fully saturated rings. The Balaban J connectivity index is 1.54. The topological polar surface area (TPSA) is 45.2 Å². The van der Waals surface area contributed by atoms with Gasteiger partial charge in [0, 0.05) is 17.5 Å². The van der Waals surface area contributed by atoms with E-state index in [1.165, 1.54) is 25.9 Å². The van der Waals surface area contributed by atoms with E-state index < -0.39 is 0 Å². The lowest BCUT2D eigenvalue weighted by atomic mass is 9.79. The number of hydrogen-bond donors (Lipinski definition) is 1. The number of fused-ring (bicyclic) bond motifs is 4. The van der Waals surface area contributed by atoms with Crippen molar-refractivity contribution in [1.82, 2.24) is 15.2 Å². The highest BCUT2D eigenvalue weighted by Gasteiger charge is 2.40. The number of amides is 1. The van der Waals surface area contributed by atoms with Crippen molar-refractivity contribution in [3.8, 4) is 0 Å². The molecule has 0 unspecified atom stereocenters. The molecule has 1 N–H and O–H groups in total. The highest BCUT2D eigenvalue weighted by molar-refractivity contribution is 7.16. The molecule has 21 heavy (non-hydrogen) atoms. The number of thiophene rings is 1. The van der Waals surface area contributed by atoms with Crippen molar-refractivity contribution in [1.29, 1.82) is 0 Å². The summed E-state index contributed by atoms with van der Waals surface area (Å²) in [5, 5.41) is 6.35. The normalized spacial score (nSPS) is 31.5. The van der Waals surface area contributed by atoms with Gasteiger partial charge in [-0.2, -0.15) is 0 Å². The van der Waals surface area contributed by atoms with Crippen molar-refractivity contribution in [2.45, 2.75) is 31.8 Å². The molecule has 2 atom stereocenters. The largest absolute Gasteiger partial charge is 0.346 e. The van der Waals surface area contributed by atoms with E-state index in [-0.39, 0.29) is 11.9 Å². The fourth-order valence-electron chi connectivity index (χ4n) is 3.74. The van der Waals surface area contributed by atoms with Crippen LogP contribution in [0, 0.1) is 5.92 Å². The molecule has 5 heterocycles. The molecule has 0 aliphatic carbocycles. The number of carbonyl (C=O) groups is 1. The molecule has 3 aliphatic rings. The fraction of sp³-hybridized carbons (Fsp3) is 0.500. The summed E-state index contributed by atoms with van der Waals surface area (Å²) in [5.74, 6) is 0.593. The van der Waals surface area contributed by atoms with Gasteiger partial charge in [-0.15, -0.1) is 11.3 Å². The maximum absolute atomic E-state index is 12.5. The van der Waals surface area contributed by atoms with E-state index in [2.05, 4.69) is 22.1 Å². The van der Waals surface area contributed by atoms with Crippen LogP contribution in [0.1, 0.15) is 30.3 Å². The Morgan fingerprint density at radius 1 is 1.33 bits per heavy atom. The van der Waals surface area contributed by atoms with E-state index in [9.17, 15) is 4.79 Å². The minimum absolute atomic E-state index is 0.0316. The van der Waals surface area contributed by atoms with Crippen LogP contribution in [0.5, 0.6) is 0 Å². The average Bonchev–Trinajstić information content (AvgIpc) is 2.98. The second kappa shape index (κ2) is 5.07. The number of nitrogens with zero attached hydrogens (tertiary/aromatic N) is 2. The predicted molar refractivity (Wildman–Crippen MR) is 84.6 cm³/mol. The number of hydrogen-bond acceptors (Lipinski definition) is 4. The van der Waals surface area contributed by atoms with E-state index in [1.54, 1.807) is 11.3 Å². The molecule has 2 bridgehead atoms. The molecule has 3 aliphatic heterocycles. The van der Waals surface area contributed by atoms with Gasteiger partial charge >= 0.3 is 0 Å². The van der Waals surface area contributed by atoms with Gasteiger partial charge in [-0.05, 0) is 62.4 Å². The quantitative estimate of drug-likeness (QED) is 0.927. The summed E-state index contributed by atoms with van der Waals surface area (Å²) < 4.78 is 0. The summed E-state index contributed by atoms with van der Waals surface area (Å²) >= 11 is 1.58. The molecule has 0 aromatic carbocycles. The Hall–Kier alpha value is -1.46. The highest BCUT2D eigenvalue weighted by Crippen LogP contribution is 2.32. The lowest BCUT2D eigenvalue weighted by Gasteiger charge is -2.49. The molecule has 0 saturated carbocycles. The Kier molecular flexibility index (Phi) is 3.19. The van der Waals surface area contributed by atoms with Gasteiger partial charge in [0.2, 0.25) is 0 Å². The van der Waals surface area contributed by atoms with Crippen LogP contribution < -0.4 is 5.32 Å². The van der Waals surface area contributed by atoms with Crippen molar-refractivity contribution in [2.75, 3.05) is 13.1 Å². The molecule has 2 aromatic rings. The molecular formula is C16H19N3OS. The minimum Gasteiger partial charge on any atom is -0.346 e. The Morgan fingerprint density at radius 3 is 2.90 bits per heavy atom. The number of piperidine rings is 3. The lowest BCUT2D eigenvalue weighted by Crippen LogP contribution is -2.62. The zero-order chi connectivity index (χ0) is 14.4. The zero-order valence-electron chi connectivity index (χ0n) is 12.1. The van der Waals surface area contributed by atoms with Crippen molar-refractivity contribution < 1.29 is 4.79 Å². The summed E-state index contributed by atoms with van der Waals surface area (Å²) in [6.45, 7) is 4.58. The second-order valence-corrected chi connectivity index (χ2v) is 7.02. The highest BCUT2D eigenvalue weighted by atomic mass is 32.1. The first kappa shape index (κ1) is 13.2. The third-order valence-corrected chi connectivity index (χ3v) is 5.85. The Morgan fingerprint density at radius 2 is 2.14 bits per heavy atom. The first-order valence-corrected chi connectivity index (χ1v) is 8.49. The molecule has 1 amide bonds. The molecule has 4 nitrogen and oxygen atoms in total. The smallest absolute Gasteiger partial charge is 0.270 e. The van der Waals surface area contributed by atoms with E-state index >= 15 is 0 Å². The van der Waals surface area contributed by atoms with E-state index in [4.69, 9.17) is 0 Å². The number of rotatable bonds is 2. The number of aromatic nitrogens is 1. The first-order valence-electron chi connectivity index (χ1n) is 7.61. The Labute approximate surface area is 128 Å². The molecule has 5 rings (SSSR count). The van der Waals surface area contributed by atoms with Crippen molar-refractivity contribution in [3.63, 3.8) is 0 Å². The molecule has 0 radical (unpaired) electrons. The number of carbonyl (C=O) groups excluding carboxylic acids is 1. The standard InChI is InChI=1S/C16H19N3OS/c1-10-14(11-4-7-19(10)8-5-11)18-15(20)13-3-2-12-6-9-21-16(12)17-13/h2-3,6,9-11,14H,4-5,7-8H2,1H3,(H,18,20)/t10-,14-/m0/s1. The summed E-state index contributed by atoms with van der Waals surface area (Å²) in [5.41, 5.74) is 0.536. The molecule has 2 aromatic heterocycles. The maximum Gasteiger partial charge on any atom is 0.270 e. The monoisotopic (exact) mass is 301 g/mol. The van der Waals surface area contributed by atoms with E-state index in [0.717, 1.165) is 10.2 Å². The predicted octanol–water partition coefficient (Wildman–Crippen LogP) is 2.51. The van der Waals surface area contributed by atoms with E-state index in [0.29, 0.717) is 17.7 Å². The maximum atomic E-state index is 12.5. The molecule has 0 spiro atoms. The van der Waals surface area contributed by atoms with Gasteiger partial charge in [-0.25, -0.2) is 4.98 Å². The van der Waals surface area contributed by atoms with Crippen molar-refractivity contribution >= 4 is 27.5 Å². The average molecular weight is 301 g/mol. The summed E-state index contributed by atoms with van der Waals surface area (Å²) in [4.78, 5) is 20.4. The molecule has 3 saturated heterocycles. The summed E-state index contributed by atoms with van der Waals surface area (Å²) in [6, 6.07) is 6.54. The first-order chi connectivity index (χ1) is 10.2. The third-order valence-electron chi connectivity index (χ3n) is 5.03. The van der Waals surface area contributed by atoms with E-state index in [1.807, 2.05) is 23.6 Å². The number of pyridine rings is 1. The number of nitrogens with one attached hydrogen (secondary N) is 1. The van der Waals surface area contributed by atoms with Crippen LogP contribution in [0.4, 0.5) is 0 Å². The van der Waals surface area contributed by atoms with Crippen molar-refractivity contribution in [3.05, 3.63) is 29.3 Å². The third kappa shape index (κ3) is 2.24. The van der Waals surface area contributed by atoms with Gasteiger partial charge in [0.1, 0.15) is 10.5 Å². The lowest BCUT2D eigenvalue weighted by molar-refractivity contribution is 0.0216. The van der Waals surface area contributed by atoms with Gasteiger partial charge in [-0.1, -0.05) is 0 Å². The van der Waals surface area contributed by atoms with Gasteiger partial charge < -0.3 is 5.32 Å².